The van der Waals surface area contributed by atoms with Crippen LogP contribution in [0.4, 0.5) is 0 Å². The number of rotatable bonds is 2. The predicted octanol–water partition coefficient (Wildman–Crippen LogP) is 5.00. The van der Waals surface area contributed by atoms with Gasteiger partial charge >= 0.3 is 0 Å². The van der Waals surface area contributed by atoms with E-state index in [9.17, 15) is 4.79 Å². The summed E-state index contributed by atoms with van der Waals surface area (Å²) in [5.74, 6) is 2.28. The third-order valence-corrected chi connectivity index (χ3v) is 8.43. The van der Waals surface area contributed by atoms with E-state index in [1.165, 1.54) is 29.0 Å². The first-order chi connectivity index (χ1) is 13.2. The van der Waals surface area contributed by atoms with Gasteiger partial charge in [0.2, 0.25) is 5.91 Å². The van der Waals surface area contributed by atoms with Gasteiger partial charge in [-0.15, -0.1) is 36.2 Å². The number of benzene rings is 1. The lowest BCUT2D eigenvalue weighted by Gasteiger charge is -2.45. The summed E-state index contributed by atoms with van der Waals surface area (Å²) in [6.45, 7) is 1.77. The van der Waals surface area contributed by atoms with Crippen LogP contribution in [0.3, 0.4) is 0 Å². The molecule has 1 aliphatic heterocycles. The summed E-state index contributed by atoms with van der Waals surface area (Å²) < 4.78 is 1.27. The van der Waals surface area contributed by atoms with Gasteiger partial charge in [-0.05, 0) is 62.5 Å². The Bertz CT molecular complexity index is 789. The first-order valence-electron chi connectivity index (χ1n) is 10.6. The minimum Gasteiger partial charge on any atom is -0.342 e. The van der Waals surface area contributed by atoms with Crippen molar-refractivity contribution in [3.05, 3.63) is 29.3 Å². The zero-order chi connectivity index (χ0) is 18.4. The Morgan fingerprint density at radius 2 is 1.69 bits per heavy atom. The SMILES string of the molecule is Cl.Cl.NC1C2CCCC1CC(C(=O)N1CCC(c3nc4ccccc4s3)CC1)C2. The Morgan fingerprint density at radius 1 is 1.03 bits per heavy atom. The number of likely N-dealkylation sites (tertiary alicyclic amines) is 1. The molecule has 0 spiro atoms. The quantitative estimate of drug-likeness (QED) is 0.692. The number of piperidine rings is 1. The summed E-state index contributed by atoms with van der Waals surface area (Å²) in [7, 11) is 0. The highest BCUT2D eigenvalue weighted by atomic mass is 35.5. The highest BCUT2D eigenvalue weighted by Gasteiger charge is 2.42. The molecule has 2 aliphatic carbocycles. The largest absolute Gasteiger partial charge is 0.342 e. The third kappa shape index (κ3) is 4.43. The van der Waals surface area contributed by atoms with Crippen molar-refractivity contribution in [2.75, 3.05) is 13.1 Å². The van der Waals surface area contributed by atoms with Crippen LogP contribution in [0, 0.1) is 17.8 Å². The van der Waals surface area contributed by atoms with Crippen LogP contribution in [-0.2, 0) is 4.79 Å². The van der Waals surface area contributed by atoms with Crippen molar-refractivity contribution >= 4 is 52.3 Å². The van der Waals surface area contributed by atoms with Gasteiger partial charge in [0.25, 0.3) is 0 Å². The first-order valence-corrected chi connectivity index (χ1v) is 11.4. The average molecular weight is 456 g/mol. The van der Waals surface area contributed by atoms with Gasteiger partial charge < -0.3 is 10.6 Å². The monoisotopic (exact) mass is 455 g/mol. The Hall–Kier alpha value is -0.880. The molecule has 1 saturated heterocycles. The van der Waals surface area contributed by atoms with Crippen LogP contribution in [0.25, 0.3) is 10.2 Å². The van der Waals surface area contributed by atoms with E-state index < -0.39 is 0 Å². The molecule has 2 saturated carbocycles. The molecule has 7 heteroatoms. The fourth-order valence-electron chi connectivity index (χ4n) is 5.66. The maximum Gasteiger partial charge on any atom is 0.225 e. The topological polar surface area (TPSA) is 59.2 Å². The number of para-hydroxylation sites is 1. The van der Waals surface area contributed by atoms with Crippen molar-refractivity contribution in [3.8, 4) is 0 Å². The molecule has 5 rings (SSSR count). The molecule has 1 aromatic carbocycles. The number of carbonyl (C=O) groups is 1. The third-order valence-electron chi connectivity index (χ3n) is 7.23. The molecular formula is C22H31Cl2N3OS. The Morgan fingerprint density at radius 3 is 2.34 bits per heavy atom. The zero-order valence-electron chi connectivity index (χ0n) is 16.7. The van der Waals surface area contributed by atoms with E-state index >= 15 is 0 Å². The van der Waals surface area contributed by atoms with E-state index in [4.69, 9.17) is 10.7 Å². The molecule has 2 heterocycles. The average Bonchev–Trinajstić information content (AvgIpc) is 3.12. The van der Waals surface area contributed by atoms with Crippen molar-refractivity contribution in [2.45, 2.75) is 56.9 Å². The van der Waals surface area contributed by atoms with Crippen molar-refractivity contribution in [2.24, 2.45) is 23.5 Å². The van der Waals surface area contributed by atoms with E-state index in [0.717, 1.165) is 44.3 Å². The molecule has 2 unspecified atom stereocenters. The van der Waals surface area contributed by atoms with E-state index in [1.807, 2.05) is 11.3 Å². The van der Waals surface area contributed by atoms with Gasteiger partial charge in [-0.2, -0.15) is 0 Å². The maximum atomic E-state index is 13.1. The number of carbonyl (C=O) groups excluding carboxylic acids is 1. The second-order valence-electron chi connectivity index (χ2n) is 8.82. The second kappa shape index (κ2) is 9.51. The molecule has 3 fully saturated rings. The maximum absolute atomic E-state index is 13.1. The van der Waals surface area contributed by atoms with Crippen LogP contribution >= 0.6 is 36.2 Å². The number of aromatic nitrogens is 1. The highest BCUT2D eigenvalue weighted by molar-refractivity contribution is 7.18. The van der Waals surface area contributed by atoms with Gasteiger partial charge in [-0.1, -0.05) is 18.6 Å². The molecule has 160 valence electrons. The van der Waals surface area contributed by atoms with Crippen molar-refractivity contribution in [1.82, 2.24) is 9.88 Å². The van der Waals surface area contributed by atoms with Crippen molar-refractivity contribution in [1.29, 1.82) is 0 Å². The molecular weight excluding hydrogens is 425 g/mol. The number of hydrogen-bond donors (Lipinski definition) is 1. The van der Waals surface area contributed by atoms with E-state index in [-0.39, 0.29) is 30.7 Å². The molecule has 2 aromatic rings. The molecule has 2 bridgehead atoms. The number of hydrogen-bond acceptors (Lipinski definition) is 4. The summed E-state index contributed by atoms with van der Waals surface area (Å²) >= 11 is 1.82. The van der Waals surface area contributed by atoms with Gasteiger partial charge in [-0.25, -0.2) is 4.98 Å². The molecule has 29 heavy (non-hydrogen) atoms. The smallest absolute Gasteiger partial charge is 0.225 e. The molecule has 1 aromatic heterocycles. The van der Waals surface area contributed by atoms with Crippen LogP contribution in [0.15, 0.2) is 24.3 Å². The molecule has 2 N–H and O–H groups in total. The lowest BCUT2D eigenvalue weighted by molar-refractivity contribution is -0.139. The lowest BCUT2D eigenvalue weighted by Crippen LogP contribution is -2.50. The summed E-state index contributed by atoms with van der Waals surface area (Å²) in [4.78, 5) is 20.1. The highest BCUT2D eigenvalue weighted by Crippen LogP contribution is 2.43. The van der Waals surface area contributed by atoms with Crippen LogP contribution in [0.1, 0.15) is 55.9 Å². The summed E-state index contributed by atoms with van der Waals surface area (Å²) in [5, 5.41) is 1.25. The fourth-order valence-corrected chi connectivity index (χ4v) is 6.80. The van der Waals surface area contributed by atoms with E-state index in [1.54, 1.807) is 0 Å². The number of nitrogens with zero attached hydrogens (tertiary/aromatic N) is 2. The molecule has 4 nitrogen and oxygen atoms in total. The van der Waals surface area contributed by atoms with Crippen LogP contribution in [-0.4, -0.2) is 34.9 Å². The number of thiazole rings is 1. The Labute approximate surface area is 189 Å². The predicted molar refractivity (Wildman–Crippen MR) is 124 cm³/mol. The van der Waals surface area contributed by atoms with E-state index in [0.29, 0.717) is 29.7 Å². The number of nitrogens with two attached hydrogens (primary N) is 1. The summed E-state index contributed by atoms with van der Waals surface area (Å²) in [5.41, 5.74) is 7.52. The van der Waals surface area contributed by atoms with Gasteiger partial charge in [0.1, 0.15) is 0 Å². The number of fused-ring (bicyclic) bond motifs is 3. The normalized spacial score (nSPS) is 29.8. The van der Waals surface area contributed by atoms with Crippen LogP contribution < -0.4 is 5.73 Å². The van der Waals surface area contributed by atoms with Crippen molar-refractivity contribution in [3.63, 3.8) is 0 Å². The first kappa shape index (κ1) is 22.8. The summed E-state index contributed by atoms with van der Waals surface area (Å²) in [6.07, 6.45) is 7.89. The summed E-state index contributed by atoms with van der Waals surface area (Å²) in [6, 6.07) is 8.72. The molecule has 0 radical (unpaired) electrons. The van der Waals surface area contributed by atoms with Gasteiger partial charge in [-0.3, -0.25) is 4.79 Å². The molecule has 2 atom stereocenters. The standard InChI is InChI=1S/C22H29N3OS.2ClH/c23-20-15-4-3-5-16(20)13-17(12-15)22(26)25-10-8-14(9-11-25)21-24-18-6-1-2-7-19(18)27-21;;/h1-2,6-7,14-17,20H,3-5,8-13,23H2;2*1H. The minimum absolute atomic E-state index is 0. The number of halogens is 2. The number of amides is 1. The van der Waals surface area contributed by atoms with E-state index in [2.05, 4.69) is 29.2 Å². The Balaban J connectivity index is 0.00000120. The van der Waals surface area contributed by atoms with Gasteiger partial charge in [0, 0.05) is 31.0 Å². The van der Waals surface area contributed by atoms with Crippen molar-refractivity contribution < 1.29 is 4.79 Å². The fraction of sp³-hybridized carbons (Fsp3) is 0.636. The van der Waals surface area contributed by atoms with Gasteiger partial charge in [0.05, 0.1) is 15.2 Å². The zero-order valence-corrected chi connectivity index (χ0v) is 19.1. The Kier molecular flexibility index (Phi) is 7.47. The second-order valence-corrected chi connectivity index (χ2v) is 9.88. The minimum atomic E-state index is 0. The molecule has 1 amide bonds. The van der Waals surface area contributed by atoms with Gasteiger partial charge in [0.15, 0.2) is 0 Å². The van der Waals surface area contributed by atoms with Crippen LogP contribution in [0.2, 0.25) is 0 Å². The molecule has 3 aliphatic rings. The lowest BCUT2D eigenvalue weighted by atomic mass is 9.65. The van der Waals surface area contributed by atoms with Crippen LogP contribution in [0.5, 0.6) is 0 Å².